The van der Waals surface area contributed by atoms with Crippen molar-refractivity contribution in [3.05, 3.63) is 36.4 Å². The predicted octanol–water partition coefficient (Wildman–Crippen LogP) is 3.17. The van der Waals surface area contributed by atoms with Gasteiger partial charge in [0, 0.05) is 37.6 Å². The Bertz CT molecular complexity index is 675. The first-order valence-electron chi connectivity index (χ1n) is 9.24. The molecule has 0 spiro atoms. The number of hydrogen-bond donors (Lipinski definition) is 0. The Kier molecular flexibility index (Phi) is 4.67. The lowest BCUT2D eigenvalue weighted by molar-refractivity contribution is 0.00448. The van der Waals surface area contributed by atoms with Gasteiger partial charge in [-0.25, -0.2) is 4.98 Å². The van der Waals surface area contributed by atoms with Crippen molar-refractivity contribution in [1.29, 1.82) is 0 Å². The maximum atomic E-state index is 5.49. The topological polar surface area (TPSA) is 28.6 Å². The van der Waals surface area contributed by atoms with Gasteiger partial charge in [-0.1, -0.05) is 18.2 Å². The van der Waals surface area contributed by atoms with Crippen LogP contribution in [-0.2, 0) is 4.74 Å². The summed E-state index contributed by atoms with van der Waals surface area (Å²) < 4.78 is 5.49. The molecular weight excluding hydrogens is 298 g/mol. The molecule has 1 atom stereocenters. The van der Waals surface area contributed by atoms with Gasteiger partial charge in [0.15, 0.2) is 0 Å². The summed E-state index contributed by atoms with van der Waals surface area (Å²) in [5.41, 5.74) is 1.10. The number of nitrogens with zero attached hydrogens (tertiary/aromatic N) is 3. The van der Waals surface area contributed by atoms with E-state index in [0.29, 0.717) is 6.04 Å². The third kappa shape index (κ3) is 3.26. The van der Waals surface area contributed by atoms with Crippen LogP contribution in [-0.4, -0.2) is 55.3 Å². The average Bonchev–Trinajstić information content (AvgIpc) is 2.68. The molecule has 1 aromatic heterocycles. The number of benzene rings is 1. The normalized spacial score (nSPS) is 22.0. The number of piperidine rings is 1. The molecule has 2 fully saturated rings. The van der Waals surface area contributed by atoms with Crippen LogP contribution in [0.3, 0.4) is 0 Å². The fourth-order valence-electron chi connectivity index (χ4n) is 4.13. The molecule has 0 radical (unpaired) electrons. The molecule has 24 heavy (non-hydrogen) atoms. The smallest absolute Gasteiger partial charge is 0.129 e. The molecule has 4 nitrogen and oxygen atoms in total. The first-order chi connectivity index (χ1) is 11.8. The molecule has 2 saturated heterocycles. The molecule has 4 rings (SSSR count). The van der Waals surface area contributed by atoms with Gasteiger partial charge < -0.3 is 9.64 Å². The number of anilines is 1. The zero-order valence-corrected chi connectivity index (χ0v) is 14.5. The van der Waals surface area contributed by atoms with E-state index in [1.54, 1.807) is 0 Å². The standard InChI is InChI=1S/C20H27N3O/c1-16(22-12-14-24-15-13-22)17-8-10-23(11-9-17)20-7-6-18-4-2-3-5-19(18)21-20/h2-7,16-17H,8-15H2,1H3/t16-/m0/s1. The molecule has 2 aliphatic rings. The van der Waals surface area contributed by atoms with E-state index in [4.69, 9.17) is 9.72 Å². The Hall–Kier alpha value is -1.65. The lowest BCUT2D eigenvalue weighted by Gasteiger charge is -2.41. The molecule has 0 N–H and O–H groups in total. The highest BCUT2D eigenvalue weighted by molar-refractivity contribution is 5.80. The van der Waals surface area contributed by atoms with Crippen LogP contribution >= 0.6 is 0 Å². The van der Waals surface area contributed by atoms with E-state index in [9.17, 15) is 0 Å². The van der Waals surface area contributed by atoms with Crippen LogP contribution in [0, 0.1) is 5.92 Å². The number of rotatable bonds is 3. The molecule has 128 valence electrons. The summed E-state index contributed by atoms with van der Waals surface area (Å²) in [6, 6.07) is 13.4. The van der Waals surface area contributed by atoms with E-state index >= 15 is 0 Å². The Balaban J connectivity index is 1.39. The zero-order chi connectivity index (χ0) is 16.4. The van der Waals surface area contributed by atoms with Crippen LogP contribution in [0.4, 0.5) is 5.82 Å². The number of aromatic nitrogens is 1. The predicted molar refractivity (Wildman–Crippen MR) is 98.5 cm³/mol. The van der Waals surface area contributed by atoms with E-state index in [1.165, 1.54) is 18.2 Å². The summed E-state index contributed by atoms with van der Waals surface area (Å²) in [4.78, 5) is 9.92. The molecule has 4 heteroatoms. The molecule has 3 heterocycles. The van der Waals surface area contributed by atoms with E-state index < -0.39 is 0 Å². The molecule has 2 aromatic rings. The monoisotopic (exact) mass is 325 g/mol. The summed E-state index contributed by atoms with van der Waals surface area (Å²) in [5.74, 6) is 1.92. The molecule has 0 bridgehead atoms. The van der Waals surface area contributed by atoms with Crippen LogP contribution in [0.2, 0.25) is 0 Å². The molecular formula is C20H27N3O. The fourth-order valence-corrected chi connectivity index (χ4v) is 4.13. The van der Waals surface area contributed by atoms with E-state index in [1.807, 2.05) is 0 Å². The zero-order valence-electron chi connectivity index (χ0n) is 14.5. The Morgan fingerprint density at radius 1 is 1.00 bits per heavy atom. The number of ether oxygens (including phenoxy) is 1. The Morgan fingerprint density at radius 3 is 2.54 bits per heavy atom. The van der Waals surface area contributed by atoms with Crippen molar-refractivity contribution in [3.63, 3.8) is 0 Å². The number of hydrogen-bond acceptors (Lipinski definition) is 4. The SMILES string of the molecule is C[C@@H](C1CCN(c2ccc3ccccc3n2)CC1)N1CCOCC1. The summed E-state index contributed by atoms with van der Waals surface area (Å²) >= 11 is 0. The van der Waals surface area contributed by atoms with E-state index in [2.05, 4.69) is 53.1 Å². The van der Waals surface area contributed by atoms with Crippen molar-refractivity contribution in [2.24, 2.45) is 5.92 Å². The summed E-state index contributed by atoms with van der Waals surface area (Å²) in [5, 5.41) is 1.22. The van der Waals surface area contributed by atoms with Crippen LogP contribution in [0.15, 0.2) is 36.4 Å². The largest absolute Gasteiger partial charge is 0.379 e. The van der Waals surface area contributed by atoms with Gasteiger partial charge >= 0.3 is 0 Å². The Morgan fingerprint density at radius 2 is 1.75 bits per heavy atom. The van der Waals surface area contributed by atoms with Crippen molar-refractivity contribution < 1.29 is 4.74 Å². The second-order valence-corrected chi connectivity index (χ2v) is 7.08. The van der Waals surface area contributed by atoms with E-state index in [0.717, 1.165) is 56.6 Å². The minimum absolute atomic E-state index is 0.667. The summed E-state index contributed by atoms with van der Waals surface area (Å²) in [6.45, 7) is 8.60. The van der Waals surface area contributed by atoms with Gasteiger partial charge in [0.2, 0.25) is 0 Å². The average molecular weight is 325 g/mol. The molecule has 0 saturated carbocycles. The van der Waals surface area contributed by atoms with Gasteiger partial charge in [-0.15, -0.1) is 0 Å². The van der Waals surface area contributed by atoms with Crippen molar-refractivity contribution in [3.8, 4) is 0 Å². The third-order valence-corrected chi connectivity index (χ3v) is 5.75. The maximum absolute atomic E-state index is 5.49. The second-order valence-electron chi connectivity index (χ2n) is 7.08. The van der Waals surface area contributed by atoms with Crippen molar-refractivity contribution >= 4 is 16.7 Å². The molecule has 1 aromatic carbocycles. The number of para-hydroxylation sites is 1. The summed E-state index contributed by atoms with van der Waals surface area (Å²) in [6.07, 6.45) is 2.51. The van der Waals surface area contributed by atoms with Crippen LogP contribution in [0.1, 0.15) is 19.8 Å². The lowest BCUT2D eigenvalue weighted by atomic mass is 9.89. The molecule has 0 aliphatic carbocycles. The van der Waals surface area contributed by atoms with Gasteiger partial charge in [-0.2, -0.15) is 0 Å². The number of morpholine rings is 1. The molecule has 0 unspecified atom stereocenters. The molecule has 2 aliphatic heterocycles. The van der Waals surface area contributed by atoms with Crippen LogP contribution < -0.4 is 4.90 Å². The van der Waals surface area contributed by atoms with Gasteiger partial charge in [-0.3, -0.25) is 4.90 Å². The maximum Gasteiger partial charge on any atom is 0.129 e. The van der Waals surface area contributed by atoms with Gasteiger partial charge in [0.1, 0.15) is 5.82 Å². The second kappa shape index (κ2) is 7.08. The molecule has 0 amide bonds. The first kappa shape index (κ1) is 15.9. The number of pyridine rings is 1. The highest BCUT2D eigenvalue weighted by Gasteiger charge is 2.28. The van der Waals surface area contributed by atoms with Gasteiger partial charge in [0.25, 0.3) is 0 Å². The number of fused-ring (bicyclic) bond motifs is 1. The van der Waals surface area contributed by atoms with Gasteiger partial charge in [0.05, 0.1) is 18.7 Å². The van der Waals surface area contributed by atoms with Crippen molar-refractivity contribution in [2.45, 2.75) is 25.8 Å². The van der Waals surface area contributed by atoms with E-state index in [-0.39, 0.29) is 0 Å². The highest BCUT2D eigenvalue weighted by atomic mass is 16.5. The lowest BCUT2D eigenvalue weighted by Crippen LogP contribution is -2.48. The minimum Gasteiger partial charge on any atom is -0.379 e. The summed E-state index contributed by atoms with van der Waals surface area (Å²) in [7, 11) is 0. The third-order valence-electron chi connectivity index (χ3n) is 5.75. The van der Waals surface area contributed by atoms with Gasteiger partial charge in [-0.05, 0) is 43.9 Å². The first-order valence-corrected chi connectivity index (χ1v) is 9.24. The van der Waals surface area contributed by atoms with Crippen LogP contribution in [0.5, 0.6) is 0 Å². The minimum atomic E-state index is 0.667. The van der Waals surface area contributed by atoms with Crippen molar-refractivity contribution in [2.75, 3.05) is 44.3 Å². The quantitative estimate of drug-likeness (QED) is 0.867. The fraction of sp³-hybridized carbons (Fsp3) is 0.550. The highest BCUT2D eigenvalue weighted by Crippen LogP contribution is 2.28. The van der Waals surface area contributed by atoms with Crippen molar-refractivity contribution in [1.82, 2.24) is 9.88 Å². The Labute approximate surface area is 144 Å². The van der Waals surface area contributed by atoms with Crippen LogP contribution in [0.25, 0.3) is 10.9 Å².